The molecule has 0 aliphatic heterocycles. The van der Waals surface area contributed by atoms with Gasteiger partial charge in [0.25, 0.3) is 5.91 Å². The van der Waals surface area contributed by atoms with Gasteiger partial charge in [-0.1, -0.05) is 24.9 Å². The van der Waals surface area contributed by atoms with Crippen molar-refractivity contribution in [2.24, 2.45) is 0 Å². The summed E-state index contributed by atoms with van der Waals surface area (Å²) in [6, 6.07) is 5.57. The zero-order chi connectivity index (χ0) is 15.4. The Morgan fingerprint density at radius 1 is 1.38 bits per heavy atom. The number of benzene rings is 1. The second-order valence-electron chi connectivity index (χ2n) is 4.79. The molecule has 1 aromatic carbocycles. The molecule has 0 aliphatic carbocycles. The SMILES string of the molecule is CCCCn1nc(C)c(C(=O)Nc2ccc(F)cc2)c1Cl. The minimum absolute atomic E-state index is 0.334. The lowest BCUT2D eigenvalue weighted by atomic mass is 10.2. The molecule has 0 bridgehead atoms. The van der Waals surface area contributed by atoms with Crippen molar-refractivity contribution < 1.29 is 9.18 Å². The third-order valence-electron chi connectivity index (χ3n) is 3.12. The van der Waals surface area contributed by atoms with Crippen molar-refractivity contribution in [3.63, 3.8) is 0 Å². The fourth-order valence-electron chi connectivity index (χ4n) is 1.99. The van der Waals surface area contributed by atoms with Crippen LogP contribution in [0, 0.1) is 12.7 Å². The second kappa shape index (κ2) is 6.72. The first kappa shape index (κ1) is 15.5. The van der Waals surface area contributed by atoms with Gasteiger partial charge in [0.15, 0.2) is 0 Å². The van der Waals surface area contributed by atoms with Crippen molar-refractivity contribution in [3.8, 4) is 0 Å². The van der Waals surface area contributed by atoms with Crippen LogP contribution in [0.1, 0.15) is 35.8 Å². The van der Waals surface area contributed by atoms with Gasteiger partial charge in [0.1, 0.15) is 11.0 Å². The van der Waals surface area contributed by atoms with Crippen LogP contribution in [-0.4, -0.2) is 15.7 Å². The molecule has 2 aromatic rings. The zero-order valence-electron chi connectivity index (χ0n) is 12.0. The Labute approximate surface area is 127 Å². The largest absolute Gasteiger partial charge is 0.322 e. The number of anilines is 1. The molecule has 0 radical (unpaired) electrons. The molecule has 112 valence electrons. The van der Waals surface area contributed by atoms with E-state index in [1.807, 2.05) is 0 Å². The Kier molecular flexibility index (Phi) is 4.96. The average Bonchev–Trinajstić information content (AvgIpc) is 2.73. The quantitative estimate of drug-likeness (QED) is 0.906. The van der Waals surface area contributed by atoms with Gasteiger partial charge in [0.2, 0.25) is 0 Å². The fourth-order valence-corrected chi connectivity index (χ4v) is 2.34. The van der Waals surface area contributed by atoms with Crippen LogP contribution in [0.2, 0.25) is 5.15 Å². The van der Waals surface area contributed by atoms with Crippen molar-refractivity contribution in [3.05, 3.63) is 46.5 Å². The highest BCUT2D eigenvalue weighted by Gasteiger charge is 2.20. The Hall–Kier alpha value is -1.88. The van der Waals surface area contributed by atoms with E-state index in [1.54, 1.807) is 11.6 Å². The Balaban J connectivity index is 2.19. The molecule has 0 aliphatic rings. The van der Waals surface area contributed by atoms with Crippen LogP contribution in [-0.2, 0) is 6.54 Å². The number of hydrogen-bond donors (Lipinski definition) is 1. The van der Waals surface area contributed by atoms with Crippen LogP contribution in [0.5, 0.6) is 0 Å². The fraction of sp³-hybridized carbons (Fsp3) is 0.333. The number of unbranched alkanes of at least 4 members (excludes halogenated alkanes) is 1. The molecule has 1 aromatic heterocycles. The molecule has 0 fully saturated rings. The number of carbonyl (C=O) groups excluding carboxylic acids is 1. The van der Waals surface area contributed by atoms with Crippen molar-refractivity contribution >= 4 is 23.2 Å². The van der Waals surface area contributed by atoms with Gasteiger partial charge in [0.05, 0.1) is 11.3 Å². The summed E-state index contributed by atoms with van der Waals surface area (Å²) in [5, 5.41) is 7.32. The normalized spacial score (nSPS) is 10.7. The molecule has 0 unspecified atom stereocenters. The second-order valence-corrected chi connectivity index (χ2v) is 5.15. The summed E-state index contributed by atoms with van der Waals surface area (Å²) in [6.07, 6.45) is 1.96. The maximum atomic E-state index is 12.8. The summed E-state index contributed by atoms with van der Waals surface area (Å²) < 4.78 is 14.5. The number of nitrogens with one attached hydrogen (secondary N) is 1. The van der Waals surface area contributed by atoms with Crippen molar-refractivity contribution in [1.82, 2.24) is 9.78 Å². The molecule has 21 heavy (non-hydrogen) atoms. The van der Waals surface area contributed by atoms with Crippen LogP contribution >= 0.6 is 11.6 Å². The summed E-state index contributed by atoms with van der Waals surface area (Å²) in [5.41, 5.74) is 1.45. The molecule has 0 saturated carbocycles. The summed E-state index contributed by atoms with van der Waals surface area (Å²) in [4.78, 5) is 12.3. The molecule has 0 atom stereocenters. The first-order valence-corrected chi connectivity index (χ1v) is 7.20. The molecule has 4 nitrogen and oxygen atoms in total. The highest BCUT2D eigenvalue weighted by atomic mass is 35.5. The first-order chi connectivity index (χ1) is 10.0. The van der Waals surface area contributed by atoms with E-state index in [0.717, 1.165) is 12.8 Å². The first-order valence-electron chi connectivity index (χ1n) is 6.82. The van der Waals surface area contributed by atoms with E-state index in [-0.39, 0.29) is 11.7 Å². The van der Waals surface area contributed by atoms with E-state index in [0.29, 0.717) is 28.6 Å². The molecule has 6 heteroatoms. The molecule has 1 heterocycles. The summed E-state index contributed by atoms with van der Waals surface area (Å²) in [7, 11) is 0. The molecular formula is C15H17ClFN3O. The van der Waals surface area contributed by atoms with E-state index >= 15 is 0 Å². The van der Waals surface area contributed by atoms with Gasteiger partial charge in [-0.05, 0) is 37.6 Å². The van der Waals surface area contributed by atoms with Crippen LogP contribution in [0.15, 0.2) is 24.3 Å². The van der Waals surface area contributed by atoms with Crippen molar-refractivity contribution in [1.29, 1.82) is 0 Å². The van der Waals surface area contributed by atoms with Gasteiger partial charge < -0.3 is 5.32 Å². The Bertz CT molecular complexity index is 637. The van der Waals surface area contributed by atoms with E-state index in [1.165, 1.54) is 24.3 Å². The van der Waals surface area contributed by atoms with Gasteiger partial charge in [-0.2, -0.15) is 5.10 Å². The molecule has 2 rings (SSSR count). The van der Waals surface area contributed by atoms with Crippen molar-refractivity contribution in [2.75, 3.05) is 5.32 Å². The number of halogens is 2. The monoisotopic (exact) mass is 309 g/mol. The predicted octanol–water partition coefficient (Wildman–Crippen LogP) is 4.04. The molecule has 0 saturated heterocycles. The minimum Gasteiger partial charge on any atom is -0.322 e. The number of hydrogen-bond acceptors (Lipinski definition) is 2. The number of nitrogens with zero attached hydrogens (tertiary/aromatic N) is 2. The lowest BCUT2D eigenvalue weighted by Crippen LogP contribution is -2.13. The number of amides is 1. The lowest BCUT2D eigenvalue weighted by Gasteiger charge is -2.05. The third kappa shape index (κ3) is 3.61. The highest BCUT2D eigenvalue weighted by molar-refractivity contribution is 6.33. The Morgan fingerprint density at radius 3 is 2.67 bits per heavy atom. The third-order valence-corrected chi connectivity index (χ3v) is 3.50. The van der Waals surface area contributed by atoms with E-state index in [4.69, 9.17) is 11.6 Å². The van der Waals surface area contributed by atoms with Crippen LogP contribution in [0.3, 0.4) is 0 Å². The van der Waals surface area contributed by atoms with Crippen LogP contribution in [0.4, 0.5) is 10.1 Å². The van der Waals surface area contributed by atoms with E-state index in [9.17, 15) is 9.18 Å². The number of aromatic nitrogens is 2. The topological polar surface area (TPSA) is 46.9 Å². The number of carbonyl (C=O) groups is 1. The smallest absolute Gasteiger partial charge is 0.260 e. The highest BCUT2D eigenvalue weighted by Crippen LogP contribution is 2.22. The zero-order valence-corrected chi connectivity index (χ0v) is 12.7. The molecular weight excluding hydrogens is 293 g/mol. The van der Waals surface area contributed by atoms with Gasteiger partial charge in [0, 0.05) is 12.2 Å². The standard InChI is InChI=1S/C15H17ClFN3O/c1-3-4-9-20-14(16)13(10(2)19-20)15(21)18-12-7-5-11(17)6-8-12/h5-8H,3-4,9H2,1-2H3,(H,18,21). The van der Waals surface area contributed by atoms with Gasteiger partial charge in [-0.25, -0.2) is 4.39 Å². The van der Waals surface area contributed by atoms with E-state index in [2.05, 4.69) is 17.3 Å². The summed E-state index contributed by atoms with van der Waals surface area (Å²) in [6.45, 7) is 4.50. The lowest BCUT2D eigenvalue weighted by molar-refractivity contribution is 0.102. The van der Waals surface area contributed by atoms with Crippen molar-refractivity contribution in [2.45, 2.75) is 33.2 Å². The van der Waals surface area contributed by atoms with Gasteiger partial charge in [-0.3, -0.25) is 9.48 Å². The summed E-state index contributed by atoms with van der Waals surface area (Å²) >= 11 is 6.23. The van der Waals surface area contributed by atoms with Crippen LogP contribution in [0.25, 0.3) is 0 Å². The molecule has 0 spiro atoms. The predicted molar refractivity (Wildman–Crippen MR) is 81.2 cm³/mol. The molecule has 1 amide bonds. The van der Waals surface area contributed by atoms with E-state index < -0.39 is 0 Å². The molecule has 1 N–H and O–H groups in total. The number of rotatable bonds is 5. The summed E-state index contributed by atoms with van der Waals surface area (Å²) in [5.74, 6) is -0.693. The maximum Gasteiger partial charge on any atom is 0.260 e. The van der Waals surface area contributed by atoms with Gasteiger partial charge in [-0.15, -0.1) is 0 Å². The van der Waals surface area contributed by atoms with Gasteiger partial charge >= 0.3 is 0 Å². The maximum absolute atomic E-state index is 12.8. The van der Waals surface area contributed by atoms with Crippen LogP contribution < -0.4 is 5.32 Å². The average molecular weight is 310 g/mol. The number of aryl methyl sites for hydroxylation is 2. The Morgan fingerprint density at radius 2 is 2.05 bits per heavy atom. The minimum atomic E-state index is -0.352.